The number of nitrogens with one attached hydrogen (secondary N) is 2. The fraction of sp³-hybridized carbons (Fsp3) is 0.333. The zero-order valence-electron chi connectivity index (χ0n) is 21.1. The molecule has 4 aromatic rings. The topological polar surface area (TPSA) is 124 Å². The Morgan fingerprint density at radius 1 is 1.08 bits per heavy atom. The van der Waals surface area contributed by atoms with Gasteiger partial charge in [0, 0.05) is 35.1 Å². The van der Waals surface area contributed by atoms with Gasteiger partial charge in [-0.15, -0.1) is 0 Å². The molecule has 1 spiro atoms. The van der Waals surface area contributed by atoms with Gasteiger partial charge in [0.05, 0.1) is 5.41 Å². The molecule has 0 atom stereocenters. The van der Waals surface area contributed by atoms with Gasteiger partial charge >= 0.3 is 0 Å². The van der Waals surface area contributed by atoms with Crippen LogP contribution in [0.25, 0.3) is 16.9 Å². The number of amides is 2. The van der Waals surface area contributed by atoms with Gasteiger partial charge < -0.3 is 5.32 Å². The summed E-state index contributed by atoms with van der Waals surface area (Å²) in [6.07, 6.45) is 2.98. The molecular weight excluding hydrogens is 470 g/mol. The summed E-state index contributed by atoms with van der Waals surface area (Å²) in [5.41, 5.74) is 2.23. The number of fused-ring (bicyclic) bond motifs is 3. The smallest absolute Gasteiger partial charge is 0.278 e. The Morgan fingerprint density at radius 2 is 1.86 bits per heavy atom. The van der Waals surface area contributed by atoms with Gasteiger partial charge in [-0.1, -0.05) is 32.9 Å². The molecule has 0 bridgehead atoms. The number of carbonyl (C=O) groups excluding carboxylic acids is 2. The number of hydrogen-bond donors (Lipinski definition) is 2. The van der Waals surface area contributed by atoms with E-state index in [1.54, 1.807) is 15.4 Å². The predicted octanol–water partition coefficient (Wildman–Crippen LogP) is 3.34. The molecule has 188 valence electrons. The van der Waals surface area contributed by atoms with E-state index in [0.717, 1.165) is 24.1 Å². The molecule has 3 aromatic heterocycles. The number of pyridine rings is 1. The lowest BCUT2D eigenvalue weighted by Crippen LogP contribution is -2.44. The third-order valence-electron chi connectivity index (χ3n) is 7.14. The normalized spacial score (nSPS) is 16.1. The van der Waals surface area contributed by atoms with Crippen LogP contribution in [0.15, 0.2) is 47.4 Å². The van der Waals surface area contributed by atoms with Crippen LogP contribution < -0.4 is 16.2 Å². The van der Waals surface area contributed by atoms with Gasteiger partial charge in [-0.25, -0.2) is 19.3 Å². The highest BCUT2D eigenvalue weighted by molar-refractivity contribution is 6.14. The van der Waals surface area contributed by atoms with Crippen molar-refractivity contribution < 1.29 is 9.59 Å². The Bertz CT molecular complexity index is 1670. The summed E-state index contributed by atoms with van der Waals surface area (Å²) in [5, 5.41) is 6.01. The number of carbonyl (C=O) groups is 2. The van der Waals surface area contributed by atoms with Crippen LogP contribution in [-0.2, 0) is 22.2 Å². The van der Waals surface area contributed by atoms with Crippen molar-refractivity contribution in [3.8, 4) is 5.82 Å². The van der Waals surface area contributed by atoms with E-state index in [0.29, 0.717) is 34.6 Å². The minimum atomic E-state index is -0.578. The predicted molar refractivity (Wildman–Crippen MR) is 138 cm³/mol. The number of aromatic nitrogens is 5. The summed E-state index contributed by atoms with van der Waals surface area (Å²) in [6, 6.07) is 11.1. The lowest BCUT2D eigenvalue weighted by atomic mass is 9.86. The van der Waals surface area contributed by atoms with Gasteiger partial charge in [-0.05, 0) is 49.6 Å². The van der Waals surface area contributed by atoms with Crippen LogP contribution in [0.4, 0.5) is 11.6 Å². The second-order valence-electron chi connectivity index (χ2n) is 10.6. The number of nitrogens with zero attached hydrogens (tertiary/aromatic N) is 5. The first-order valence-corrected chi connectivity index (χ1v) is 12.4. The Kier molecular flexibility index (Phi) is 4.88. The molecule has 0 unspecified atom stereocenters. The van der Waals surface area contributed by atoms with E-state index in [2.05, 4.69) is 41.4 Å². The SMILES string of the molecule is CCn1c(=O)c2cnc(Nc3ccc4c(c3)C(=O)NC(=O)C43CC3)nc2n1-c1cccc(C(C)(C)C)n1. The summed E-state index contributed by atoms with van der Waals surface area (Å²) >= 11 is 0. The number of rotatable bonds is 4. The molecule has 0 saturated heterocycles. The monoisotopic (exact) mass is 497 g/mol. The van der Waals surface area contributed by atoms with Crippen LogP contribution in [0.2, 0.25) is 0 Å². The first kappa shape index (κ1) is 23.1. The molecule has 10 nitrogen and oxygen atoms in total. The van der Waals surface area contributed by atoms with E-state index >= 15 is 0 Å². The van der Waals surface area contributed by atoms with Crippen molar-refractivity contribution in [2.45, 2.75) is 57.9 Å². The summed E-state index contributed by atoms with van der Waals surface area (Å²) in [6.45, 7) is 8.59. The van der Waals surface area contributed by atoms with Gasteiger partial charge in [0.1, 0.15) is 5.39 Å². The summed E-state index contributed by atoms with van der Waals surface area (Å²) in [5.74, 6) is 0.240. The molecule has 4 heterocycles. The first-order valence-electron chi connectivity index (χ1n) is 12.4. The number of anilines is 2. The largest absolute Gasteiger partial charge is 0.324 e. The highest BCUT2D eigenvalue weighted by atomic mass is 16.2. The standard InChI is InChI=1S/C27H27N7O3/c1-5-33-23(36)17-14-28-25(31-21(17)34(33)20-8-6-7-19(30-20)26(2,3)4)29-15-9-10-18-16(13-15)22(35)32-24(37)27(18)11-12-27/h6-10,13-14H,5,11-12H2,1-4H3,(H,28,29,31)(H,32,35,37). The molecule has 6 rings (SSSR count). The van der Waals surface area contributed by atoms with Crippen LogP contribution in [0.3, 0.4) is 0 Å². The van der Waals surface area contributed by atoms with E-state index in [-0.39, 0.29) is 22.8 Å². The third-order valence-corrected chi connectivity index (χ3v) is 7.14. The van der Waals surface area contributed by atoms with E-state index < -0.39 is 11.3 Å². The summed E-state index contributed by atoms with van der Waals surface area (Å²) in [4.78, 5) is 51.9. The average Bonchev–Trinajstić information content (AvgIpc) is 3.62. The second kappa shape index (κ2) is 7.83. The Labute approximate surface area is 212 Å². The fourth-order valence-electron chi connectivity index (χ4n) is 4.96. The van der Waals surface area contributed by atoms with E-state index in [1.165, 1.54) is 6.20 Å². The van der Waals surface area contributed by atoms with Crippen LogP contribution in [-0.4, -0.2) is 36.1 Å². The van der Waals surface area contributed by atoms with E-state index in [4.69, 9.17) is 4.98 Å². The third kappa shape index (κ3) is 3.54. The zero-order valence-corrected chi connectivity index (χ0v) is 21.1. The summed E-state index contributed by atoms with van der Waals surface area (Å²) in [7, 11) is 0. The van der Waals surface area contributed by atoms with Crippen LogP contribution >= 0.6 is 0 Å². The maximum atomic E-state index is 13.1. The molecule has 1 aliphatic carbocycles. The fourth-order valence-corrected chi connectivity index (χ4v) is 4.96. The molecule has 10 heteroatoms. The Balaban J connectivity index is 1.43. The minimum Gasteiger partial charge on any atom is -0.324 e. The van der Waals surface area contributed by atoms with Gasteiger partial charge in [-0.3, -0.25) is 19.7 Å². The minimum absolute atomic E-state index is 0.166. The molecule has 2 aliphatic rings. The second-order valence-corrected chi connectivity index (χ2v) is 10.6. The van der Waals surface area contributed by atoms with Crippen molar-refractivity contribution in [2.24, 2.45) is 0 Å². The molecule has 37 heavy (non-hydrogen) atoms. The van der Waals surface area contributed by atoms with Crippen LogP contribution in [0.1, 0.15) is 62.2 Å². The van der Waals surface area contributed by atoms with Gasteiger partial charge in [-0.2, -0.15) is 4.98 Å². The Morgan fingerprint density at radius 3 is 2.57 bits per heavy atom. The van der Waals surface area contributed by atoms with Crippen molar-refractivity contribution in [2.75, 3.05) is 5.32 Å². The van der Waals surface area contributed by atoms with Crippen LogP contribution in [0, 0.1) is 0 Å². The highest BCUT2D eigenvalue weighted by Crippen LogP contribution is 2.51. The van der Waals surface area contributed by atoms with Gasteiger partial charge in [0.15, 0.2) is 11.5 Å². The quantitative estimate of drug-likeness (QED) is 0.415. The number of hydrogen-bond acceptors (Lipinski definition) is 7. The van der Waals surface area contributed by atoms with Crippen LogP contribution in [0.5, 0.6) is 0 Å². The molecular formula is C27H27N7O3. The molecule has 0 radical (unpaired) electrons. The molecule has 2 amide bonds. The zero-order chi connectivity index (χ0) is 26.1. The van der Waals surface area contributed by atoms with Crippen molar-refractivity contribution in [3.05, 3.63) is 69.8 Å². The molecule has 2 N–H and O–H groups in total. The van der Waals surface area contributed by atoms with Crippen molar-refractivity contribution in [3.63, 3.8) is 0 Å². The van der Waals surface area contributed by atoms with Crippen molar-refractivity contribution in [1.82, 2.24) is 29.6 Å². The van der Waals surface area contributed by atoms with Crippen molar-refractivity contribution in [1.29, 1.82) is 0 Å². The number of imide groups is 1. The Hall–Kier alpha value is -4.34. The molecule has 1 saturated carbocycles. The van der Waals surface area contributed by atoms with E-state index in [9.17, 15) is 14.4 Å². The lowest BCUT2D eigenvalue weighted by molar-refractivity contribution is -0.122. The van der Waals surface area contributed by atoms with Gasteiger partial charge in [0.25, 0.3) is 11.5 Å². The molecule has 1 aromatic carbocycles. The average molecular weight is 498 g/mol. The lowest BCUT2D eigenvalue weighted by Gasteiger charge is -2.24. The van der Waals surface area contributed by atoms with E-state index in [1.807, 2.05) is 37.3 Å². The summed E-state index contributed by atoms with van der Waals surface area (Å²) < 4.78 is 3.32. The first-order chi connectivity index (χ1) is 17.6. The number of benzene rings is 1. The van der Waals surface area contributed by atoms with Crippen molar-refractivity contribution >= 4 is 34.5 Å². The molecule has 1 aliphatic heterocycles. The molecule has 1 fully saturated rings. The highest BCUT2D eigenvalue weighted by Gasteiger charge is 2.55. The maximum Gasteiger partial charge on any atom is 0.278 e. The maximum absolute atomic E-state index is 13.1. The van der Waals surface area contributed by atoms with Gasteiger partial charge in [0.2, 0.25) is 11.9 Å².